The van der Waals surface area contributed by atoms with E-state index in [4.69, 9.17) is 4.74 Å². The van der Waals surface area contributed by atoms with Gasteiger partial charge in [-0.05, 0) is 62.6 Å². The molecule has 0 saturated heterocycles. The topological polar surface area (TPSA) is 96.9 Å². The number of carbonyl (C=O) groups is 3. The second-order valence-corrected chi connectivity index (χ2v) is 7.56. The van der Waals surface area contributed by atoms with Crippen molar-refractivity contribution in [2.45, 2.75) is 27.7 Å². The third kappa shape index (κ3) is 5.71. The number of carbonyl (C=O) groups excluding carboxylic acids is 3. The van der Waals surface area contributed by atoms with Crippen molar-refractivity contribution >= 4 is 29.2 Å². The standard InChI is InChI=1S/C26H25N3O4/c1-16-10-5-6-13-20(16)26(32)33-22-15-8-7-14-21(22)19(4)28-29-25(31)24(30)27-23-17(2)11-9-12-18(23)3/h5-15H,1-4H3,(H,27,30)(H,29,31)/b28-19+. The van der Waals surface area contributed by atoms with E-state index >= 15 is 0 Å². The Kier molecular flexibility index (Phi) is 7.35. The Bertz CT molecular complexity index is 1230. The minimum atomic E-state index is -0.911. The molecule has 168 valence electrons. The summed E-state index contributed by atoms with van der Waals surface area (Å²) in [6, 6.07) is 19.5. The molecule has 0 radical (unpaired) electrons. The maximum atomic E-state index is 12.6. The van der Waals surface area contributed by atoms with Crippen LogP contribution in [-0.2, 0) is 9.59 Å². The number of hydrogen-bond donors (Lipinski definition) is 2. The zero-order valence-electron chi connectivity index (χ0n) is 18.9. The molecule has 0 saturated carbocycles. The van der Waals surface area contributed by atoms with Crippen LogP contribution in [-0.4, -0.2) is 23.5 Å². The van der Waals surface area contributed by atoms with Crippen molar-refractivity contribution in [3.05, 3.63) is 94.5 Å². The van der Waals surface area contributed by atoms with Gasteiger partial charge in [-0.25, -0.2) is 10.2 Å². The number of nitrogens with zero attached hydrogens (tertiary/aromatic N) is 1. The maximum absolute atomic E-state index is 12.6. The highest BCUT2D eigenvalue weighted by Gasteiger charge is 2.17. The average molecular weight is 444 g/mol. The number of nitrogens with one attached hydrogen (secondary N) is 2. The van der Waals surface area contributed by atoms with Crippen molar-refractivity contribution in [1.29, 1.82) is 0 Å². The van der Waals surface area contributed by atoms with E-state index in [1.54, 1.807) is 43.3 Å². The number of aryl methyl sites for hydroxylation is 3. The monoisotopic (exact) mass is 443 g/mol. The van der Waals surface area contributed by atoms with Crippen LogP contribution in [0.1, 0.15) is 39.5 Å². The number of hydrogen-bond acceptors (Lipinski definition) is 5. The first-order chi connectivity index (χ1) is 15.8. The lowest BCUT2D eigenvalue weighted by molar-refractivity contribution is -0.136. The summed E-state index contributed by atoms with van der Waals surface area (Å²) in [6.07, 6.45) is 0. The average Bonchev–Trinajstić information content (AvgIpc) is 2.80. The van der Waals surface area contributed by atoms with Gasteiger partial charge in [0.2, 0.25) is 0 Å². The minimum Gasteiger partial charge on any atom is -0.422 e. The van der Waals surface area contributed by atoms with Crippen molar-refractivity contribution < 1.29 is 19.1 Å². The Balaban J connectivity index is 1.72. The molecule has 3 aromatic rings. The third-order valence-corrected chi connectivity index (χ3v) is 5.10. The second-order valence-electron chi connectivity index (χ2n) is 7.56. The van der Waals surface area contributed by atoms with Crippen molar-refractivity contribution in [2.24, 2.45) is 5.10 Å². The highest BCUT2D eigenvalue weighted by atomic mass is 16.5. The lowest BCUT2D eigenvalue weighted by Crippen LogP contribution is -2.33. The number of benzene rings is 3. The predicted molar refractivity (Wildman–Crippen MR) is 127 cm³/mol. The number of ether oxygens (including phenoxy) is 1. The number of anilines is 1. The first-order valence-electron chi connectivity index (χ1n) is 10.4. The van der Waals surface area contributed by atoms with Crippen LogP contribution in [0.25, 0.3) is 0 Å². The Morgan fingerprint density at radius 2 is 1.30 bits per heavy atom. The third-order valence-electron chi connectivity index (χ3n) is 5.10. The zero-order chi connectivity index (χ0) is 24.0. The first kappa shape index (κ1) is 23.4. The molecule has 33 heavy (non-hydrogen) atoms. The molecule has 0 aliphatic heterocycles. The van der Waals surface area contributed by atoms with Crippen molar-refractivity contribution in [2.75, 3.05) is 5.32 Å². The normalized spacial score (nSPS) is 11.0. The van der Waals surface area contributed by atoms with Gasteiger partial charge in [0.05, 0.1) is 11.3 Å². The molecule has 3 rings (SSSR count). The van der Waals surface area contributed by atoms with Crippen LogP contribution in [0.4, 0.5) is 5.69 Å². The van der Waals surface area contributed by atoms with Gasteiger partial charge in [0, 0.05) is 11.3 Å². The molecule has 0 heterocycles. The Morgan fingerprint density at radius 1 is 0.727 bits per heavy atom. The molecule has 7 nitrogen and oxygen atoms in total. The fourth-order valence-corrected chi connectivity index (χ4v) is 3.24. The quantitative estimate of drug-likeness (QED) is 0.202. The van der Waals surface area contributed by atoms with Gasteiger partial charge in [-0.2, -0.15) is 5.10 Å². The number of amides is 2. The summed E-state index contributed by atoms with van der Waals surface area (Å²) in [5.74, 6) is -1.94. The molecule has 0 unspecified atom stereocenters. The number of hydrazone groups is 1. The molecule has 0 aliphatic rings. The van der Waals surface area contributed by atoms with E-state index in [0.717, 1.165) is 16.7 Å². The van der Waals surface area contributed by atoms with E-state index in [1.807, 2.05) is 51.1 Å². The van der Waals surface area contributed by atoms with Gasteiger partial charge in [0.25, 0.3) is 0 Å². The van der Waals surface area contributed by atoms with Crippen molar-refractivity contribution in [3.8, 4) is 5.75 Å². The van der Waals surface area contributed by atoms with E-state index < -0.39 is 17.8 Å². The molecule has 2 N–H and O–H groups in total. The summed E-state index contributed by atoms with van der Waals surface area (Å²) < 4.78 is 5.58. The van der Waals surface area contributed by atoms with Crippen LogP contribution in [0.5, 0.6) is 5.75 Å². The molecule has 0 fully saturated rings. The lowest BCUT2D eigenvalue weighted by atomic mass is 10.1. The molecule has 7 heteroatoms. The van der Waals surface area contributed by atoms with Gasteiger partial charge < -0.3 is 10.1 Å². The van der Waals surface area contributed by atoms with Crippen LogP contribution < -0.4 is 15.5 Å². The van der Waals surface area contributed by atoms with Crippen LogP contribution >= 0.6 is 0 Å². The zero-order valence-corrected chi connectivity index (χ0v) is 18.9. The van der Waals surface area contributed by atoms with Gasteiger partial charge in [0.15, 0.2) is 0 Å². The van der Waals surface area contributed by atoms with Gasteiger partial charge >= 0.3 is 17.8 Å². The summed E-state index contributed by atoms with van der Waals surface area (Å²) in [6.45, 7) is 7.16. The highest BCUT2D eigenvalue weighted by Crippen LogP contribution is 2.21. The number of esters is 1. The van der Waals surface area contributed by atoms with Crippen LogP contribution in [0.2, 0.25) is 0 Å². The number of rotatable bonds is 5. The van der Waals surface area contributed by atoms with Gasteiger partial charge in [-0.3, -0.25) is 9.59 Å². The van der Waals surface area contributed by atoms with Crippen molar-refractivity contribution in [1.82, 2.24) is 5.43 Å². The Morgan fingerprint density at radius 3 is 1.97 bits per heavy atom. The molecule has 0 aromatic heterocycles. The highest BCUT2D eigenvalue weighted by molar-refractivity contribution is 6.39. The summed E-state index contributed by atoms with van der Waals surface area (Å²) in [5, 5.41) is 6.64. The van der Waals surface area contributed by atoms with E-state index in [0.29, 0.717) is 28.3 Å². The molecule has 0 atom stereocenters. The molecular formula is C26H25N3O4. The molecular weight excluding hydrogens is 418 g/mol. The fourth-order valence-electron chi connectivity index (χ4n) is 3.24. The fraction of sp³-hybridized carbons (Fsp3) is 0.154. The first-order valence-corrected chi connectivity index (χ1v) is 10.4. The maximum Gasteiger partial charge on any atom is 0.343 e. The van der Waals surface area contributed by atoms with E-state index in [1.165, 1.54) is 0 Å². The SMILES string of the molecule is C/C(=N\NC(=O)C(=O)Nc1c(C)cccc1C)c1ccccc1OC(=O)c1ccccc1C. The van der Waals surface area contributed by atoms with Crippen LogP contribution in [0.15, 0.2) is 71.8 Å². The summed E-state index contributed by atoms with van der Waals surface area (Å²) >= 11 is 0. The van der Waals surface area contributed by atoms with E-state index in [-0.39, 0.29) is 0 Å². The van der Waals surface area contributed by atoms with Gasteiger partial charge in [0.1, 0.15) is 5.75 Å². The summed E-state index contributed by atoms with van der Waals surface area (Å²) in [5.41, 5.74) is 6.68. The molecule has 2 amide bonds. The molecule has 0 spiro atoms. The summed E-state index contributed by atoms with van der Waals surface area (Å²) in [4.78, 5) is 37.2. The second kappa shape index (κ2) is 10.4. The van der Waals surface area contributed by atoms with E-state index in [9.17, 15) is 14.4 Å². The summed E-state index contributed by atoms with van der Waals surface area (Å²) in [7, 11) is 0. The van der Waals surface area contributed by atoms with E-state index in [2.05, 4.69) is 15.8 Å². The molecule has 3 aromatic carbocycles. The molecule has 0 bridgehead atoms. The van der Waals surface area contributed by atoms with Crippen LogP contribution in [0.3, 0.4) is 0 Å². The number of para-hydroxylation sites is 2. The van der Waals surface area contributed by atoms with Crippen LogP contribution in [0, 0.1) is 20.8 Å². The predicted octanol–water partition coefficient (Wildman–Crippen LogP) is 4.31. The minimum absolute atomic E-state index is 0.293. The van der Waals surface area contributed by atoms with Gasteiger partial charge in [-0.1, -0.05) is 48.5 Å². The molecule has 0 aliphatic carbocycles. The lowest BCUT2D eigenvalue weighted by Gasteiger charge is -2.12. The Hall–Kier alpha value is -4.26. The largest absolute Gasteiger partial charge is 0.422 e. The smallest absolute Gasteiger partial charge is 0.343 e. The Labute approximate surface area is 192 Å². The van der Waals surface area contributed by atoms with Gasteiger partial charge in [-0.15, -0.1) is 0 Å². The van der Waals surface area contributed by atoms with Crippen molar-refractivity contribution in [3.63, 3.8) is 0 Å².